The van der Waals surface area contributed by atoms with E-state index in [4.69, 9.17) is 16.9 Å². The van der Waals surface area contributed by atoms with Crippen molar-refractivity contribution in [3.8, 4) is 5.75 Å². The zero-order valence-electron chi connectivity index (χ0n) is 49.4. The van der Waals surface area contributed by atoms with Crippen molar-refractivity contribution in [1.29, 1.82) is 5.41 Å². The number of nitrogens with one attached hydrogen (secondary N) is 11. The first-order chi connectivity index (χ1) is 42.0. The van der Waals surface area contributed by atoms with Crippen LogP contribution in [0.3, 0.4) is 0 Å². The number of likely N-dealkylation sites (tertiary alicyclic amines) is 1. The third-order valence-corrected chi connectivity index (χ3v) is 15.0. The third-order valence-electron chi connectivity index (χ3n) is 15.0. The van der Waals surface area contributed by atoms with Gasteiger partial charge in [-0.05, 0) is 91.0 Å². The van der Waals surface area contributed by atoms with Crippen LogP contribution >= 0.6 is 0 Å². The predicted octanol–water partition coefficient (Wildman–Crippen LogP) is -1.84. The maximum atomic E-state index is 14.6. The monoisotopic (exact) mass is 1220 g/mol. The van der Waals surface area contributed by atoms with Gasteiger partial charge in [0.2, 0.25) is 65.0 Å². The Bertz CT molecular complexity index is 3160. The first kappa shape index (κ1) is 67.5. The number of amides is 11. The highest BCUT2D eigenvalue weighted by Gasteiger charge is 2.40. The molecule has 17 N–H and O–H groups in total. The highest BCUT2D eigenvalue weighted by atomic mass is 16.3. The molecule has 0 aliphatic carbocycles. The SMILES string of the molecule is CC(C)C[C@H](NC(=O)[C@@H](C)NC(=O)[C@H](Cc1ccc(O)cc1)NC(=O)[C@H](CO)NC(=O)[C@H](Cc1cccc2ccccc12)NC(=O)[C@@H](Cc1ccccc1)NC(=O)[C@@H]1CCC(=O)N1)C(=O)N[C@@H](CCCNC(=N)N)C(=O)N1CCC[C@H]1C(=O)NCC(N)=O. The minimum absolute atomic E-state index is 0.0143. The summed E-state index contributed by atoms with van der Waals surface area (Å²) < 4.78 is 0. The zero-order valence-corrected chi connectivity index (χ0v) is 49.4. The second-order valence-electron chi connectivity index (χ2n) is 22.3. The summed E-state index contributed by atoms with van der Waals surface area (Å²) in [6, 6.07) is 15.4. The molecule has 0 aromatic heterocycles. The molecule has 0 unspecified atom stereocenters. The van der Waals surface area contributed by atoms with Crippen LogP contribution in [0.1, 0.15) is 82.4 Å². The summed E-state index contributed by atoms with van der Waals surface area (Å²) in [5.41, 5.74) is 12.4. The first-order valence-corrected chi connectivity index (χ1v) is 29.3. The number of fused-ring (bicyclic) bond motifs is 1. The molecule has 4 aromatic carbocycles. The van der Waals surface area contributed by atoms with Crippen LogP contribution in [0.4, 0.5) is 0 Å². The molecule has 88 heavy (non-hydrogen) atoms. The lowest BCUT2D eigenvalue weighted by molar-refractivity contribution is -0.142. The van der Waals surface area contributed by atoms with Crippen molar-refractivity contribution in [2.45, 2.75) is 139 Å². The van der Waals surface area contributed by atoms with Gasteiger partial charge in [0.15, 0.2) is 5.96 Å². The van der Waals surface area contributed by atoms with E-state index in [-0.39, 0.29) is 94.4 Å². The van der Waals surface area contributed by atoms with Crippen molar-refractivity contribution in [3.63, 3.8) is 0 Å². The van der Waals surface area contributed by atoms with Gasteiger partial charge in [-0.1, -0.05) is 98.8 Å². The van der Waals surface area contributed by atoms with Gasteiger partial charge < -0.3 is 79.7 Å². The average molecular weight is 1220 g/mol. The number of phenolic OH excluding ortho intramolecular Hbond substituents is 1. The van der Waals surface area contributed by atoms with Crippen LogP contribution in [-0.4, -0.2) is 167 Å². The maximum absolute atomic E-state index is 14.6. The molecule has 0 radical (unpaired) electrons. The van der Waals surface area contributed by atoms with E-state index in [2.05, 4.69) is 53.2 Å². The van der Waals surface area contributed by atoms with Gasteiger partial charge in [-0.2, -0.15) is 0 Å². The number of carbonyl (C=O) groups excluding carboxylic acids is 11. The molecule has 0 bridgehead atoms. The number of primary amides is 1. The fourth-order valence-electron chi connectivity index (χ4n) is 10.4. The van der Waals surface area contributed by atoms with Gasteiger partial charge in [0.25, 0.3) is 0 Å². The van der Waals surface area contributed by atoms with Gasteiger partial charge >= 0.3 is 0 Å². The molecule has 6 rings (SSSR count). The van der Waals surface area contributed by atoms with Gasteiger partial charge in [-0.3, -0.25) is 58.1 Å². The molecule has 9 atom stereocenters. The van der Waals surface area contributed by atoms with E-state index in [1.807, 2.05) is 24.3 Å². The molecule has 4 aromatic rings. The topological polar surface area (TPSA) is 428 Å². The van der Waals surface area contributed by atoms with Crippen LogP contribution in [0.25, 0.3) is 10.8 Å². The average Bonchev–Trinajstić information content (AvgIpc) is 2.60. The predicted molar refractivity (Wildman–Crippen MR) is 323 cm³/mol. The fraction of sp³-hybridized carbons (Fsp3) is 0.443. The zero-order chi connectivity index (χ0) is 64.0. The van der Waals surface area contributed by atoms with Gasteiger partial charge in [0, 0.05) is 38.8 Å². The summed E-state index contributed by atoms with van der Waals surface area (Å²) >= 11 is 0. The fourth-order valence-corrected chi connectivity index (χ4v) is 10.4. The number of benzene rings is 4. The minimum Gasteiger partial charge on any atom is -0.508 e. The first-order valence-electron chi connectivity index (χ1n) is 29.3. The van der Waals surface area contributed by atoms with Crippen LogP contribution in [-0.2, 0) is 72.0 Å². The molecule has 11 amide bonds. The van der Waals surface area contributed by atoms with Gasteiger partial charge in [0.05, 0.1) is 13.2 Å². The lowest BCUT2D eigenvalue weighted by atomic mass is 9.97. The van der Waals surface area contributed by atoms with Crippen LogP contribution in [0, 0.1) is 11.3 Å². The highest BCUT2D eigenvalue weighted by molar-refractivity contribution is 6.00. The summed E-state index contributed by atoms with van der Waals surface area (Å²) in [5, 5.41) is 56.1. The second-order valence-corrected chi connectivity index (χ2v) is 22.3. The molecule has 2 saturated heterocycles. The lowest BCUT2D eigenvalue weighted by Gasteiger charge is -2.30. The number of nitrogens with zero attached hydrogens (tertiary/aromatic N) is 1. The molecule has 27 nitrogen and oxygen atoms in total. The summed E-state index contributed by atoms with van der Waals surface area (Å²) in [5.74, 6) is -8.87. The Hall–Kier alpha value is -9.66. The molecule has 2 aliphatic heterocycles. The number of aliphatic hydroxyl groups excluding tert-OH is 1. The number of hydrogen-bond donors (Lipinski definition) is 15. The molecule has 2 aliphatic rings. The largest absolute Gasteiger partial charge is 0.508 e. The van der Waals surface area contributed by atoms with Crippen LogP contribution in [0.5, 0.6) is 5.75 Å². The number of nitrogens with two attached hydrogens (primary N) is 2. The van der Waals surface area contributed by atoms with Crippen molar-refractivity contribution >= 4 is 81.7 Å². The summed E-state index contributed by atoms with van der Waals surface area (Å²) in [7, 11) is 0. The molecule has 0 spiro atoms. The standard InChI is InChI=1S/C61H80N14O13/c1-34(2)28-44(55(83)69-43(18-10-26-65-61(63)64)60(88)75-27-11-19-49(75)59(87)66-32-50(62)78)70-52(80)35(3)67-54(82)45(30-37-20-22-40(77)23-21-37)72-58(86)48(33-76)74-57(85)47(31-39-16-9-15-38-14-7-8-17-41(38)39)73-56(84)46(29-36-12-5-4-6-13-36)71-53(81)42-24-25-51(79)68-42/h4-9,12-17,20-23,34-35,42-49,76-77H,10-11,18-19,24-33H2,1-3H3,(H2,62,78)(H,66,87)(H,67,82)(H,68,79)(H,69,83)(H,70,80)(H,71,81)(H,72,86)(H,73,84)(H,74,85)(H4,63,64,65)/t35-,42+,43+,44+,45+,46-,47+,48+,49+/m1/s1. The Morgan fingerprint density at radius 2 is 1.19 bits per heavy atom. The van der Waals surface area contributed by atoms with Crippen molar-refractivity contribution < 1.29 is 63.0 Å². The number of aromatic hydroxyl groups is 1. The number of carbonyl (C=O) groups is 11. The Morgan fingerprint density at radius 1 is 0.625 bits per heavy atom. The smallest absolute Gasteiger partial charge is 0.245 e. The van der Waals surface area contributed by atoms with Crippen molar-refractivity contribution in [1.82, 2.24) is 58.1 Å². The van der Waals surface area contributed by atoms with E-state index in [9.17, 15) is 63.0 Å². The van der Waals surface area contributed by atoms with Crippen LogP contribution in [0.15, 0.2) is 97.1 Å². The third kappa shape index (κ3) is 20.2. The molecule has 472 valence electrons. The van der Waals surface area contributed by atoms with Gasteiger partial charge in [-0.15, -0.1) is 0 Å². The molecule has 2 fully saturated rings. The second kappa shape index (κ2) is 32.7. The van der Waals surface area contributed by atoms with Crippen LogP contribution in [0.2, 0.25) is 0 Å². The van der Waals surface area contributed by atoms with E-state index in [1.165, 1.54) is 36.1 Å². The Morgan fingerprint density at radius 3 is 1.83 bits per heavy atom. The normalized spacial score (nSPS) is 16.9. The minimum atomic E-state index is -1.76. The number of hydrogen-bond acceptors (Lipinski definition) is 14. The van der Waals surface area contributed by atoms with E-state index in [0.717, 1.165) is 10.8 Å². The number of phenols is 1. The van der Waals surface area contributed by atoms with E-state index >= 15 is 0 Å². The number of rotatable bonds is 31. The number of aliphatic hydroxyl groups is 1. The maximum Gasteiger partial charge on any atom is 0.245 e. The van der Waals surface area contributed by atoms with Crippen LogP contribution < -0.4 is 64.6 Å². The number of guanidine groups is 1. The summed E-state index contributed by atoms with van der Waals surface area (Å²) in [6.45, 7) is 3.76. The quantitative estimate of drug-likeness (QED) is 0.0150. The van der Waals surface area contributed by atoms with E-state index in [0.29, 0.717) is 23.1 Å². The lowest BCUT2D eigenvalue weighted by Crippen LogP contribution is -2.61. The Kier molecular flexibility index (Phi) is 25.1. The van der Waals surface area contributed by atoms with Crippen molar-refractivity contribution in [2.24, 2.45) is 17.4 Å². The van der Waals surface area contributed by atoms with Gasteiger partial charge in [-0.25, -0.2) is 0 Å². The van der Waals surface area contributed by atoms with E-state index < -0.39 is 127 Å². The molecule has 2 heterocycles. The van der Waals surface area contributed by atoms with E-state index in [1.54, 1.807) is 62.4 Å². The summed E-state index contributed by atoms with van der Waals surface area (Å²) in [4.78, 5) is 152. The molecular formula is C61H80N14O13. The van der Waals surface area contributed by atoms with Crippen molar-refractivity contribution in [2.75, 3.05) is 26.2 Å². The van der Waals surface area contributed by atoms with Crippen molar-refractivity contribution in [3.05, 3.63) is 114 Å². The molecule has 0 saturated carbocycles. The summed E-state index contributed by atoms with van der Waals surface area (Å²) in [6.07, 6.45) is 0.937. The Balaban J connectivity index is 1.19. The van der Waals surface area contributed by atoms with Gasteiger partial charge in [0.1, 0.15) is 60.1 Å². The molecular weight excluding hydrogens is 1140 g/mol. The highest BCUT2D eigenvalue weighted by Crippen LogP contribution is 2.22. The Labute approximate surface area is 508 Å². The molecule has 27 heteroatoms.